The van der Waals surface area contributed by atoms with Gasteiger partial charge >= 0.3 is 0 Å². The first-order valence-electron chi connectivity index (χ1n) is 7.14. The Hall–Kier alpha value is -2.20. The molecule has 1 unspecified atom stereocenters. The number of rotatable bonds is 4. The monoisotopic (exact) mass is 283 g/mol. The summed E-state index contributed by atoms with van der Waals surface area (Å²) >= 11 is 0. The third kappa shape index (κ3) is 2.81. The molecule has 0 fully saturated rings. The number of anilines is 1. The Labute approximate surface area is 123 Å². The van der Waals surface area contributed by atoms with Crippen molar-refractivity contribution in [2.24, 2.45) is 10.8 Å². The summed E-state index contributed by atoms with van der Waals surface area (Å²) in [5.41, 5.74) is 8.30. The van der Waals surface area contributed by atoms with Gasteiger partial charge in [0.1, 0.15) is 5.82 Å². The Bertz CT molecular complexity index is 639. The van der Waals surface area contributed by atoms with Gasteiger partial charge < -0.3 is 5.73 Å². The van der Waals surface area contributed by atoms with Crippen molar-refractivity contribution in [3.05, 3.63) is 66.0 Å². The average Bonchev–Trinajstić information content (AvgIpc) is 2.93. The second-order valence-electron chi connectivity index (χ2n) is 5.13. The fourth-order valence-corrected chi connectivity index (χ4v) is 2.70. The van der Waals surface area contributed by atoms with Crippen molar-refractivity contribution >= 4 is 11.4 Å². The van der Waals surface area contributed by atoms with Crippen molar-refractivity contribution in [2.75, 3.05) is 11.6 Å². The summed E-state index contributed by atoms with van der Waals surface area (Å²) in [6.07, 6.45) is 1.46. The molecule has 2 N–H and O–H groups in total. The lowest BCUT2D eigenvalue weighted by Gasteiger charge is -2.24. The Morgan fingerprint density at radius 2 is 1.81 bits per heavy atom. The molecule has 21 heavy (non-hydrogen) atoms. The Morgan fingerprint density at radius 3 is 2.52 bits per heavy atom. The van der Waals surface area contributed by atoms with Crippen LogP contribution in [0.2, 0.25) is 0 Å². The van der Waals surface area contributed by atoms with Crippen molar-refractivity contribution in [3.8, 4) is 0 Å². The molecule has 0 spiro atoms. The zero-order valence-electron chi connectivity index (χ0n) is 11.7. The smallest absolute Gasteiger partial charge is 0.128 e. The largest absolute Gasteiger partial charge is 0.330 e. The highest BCUT2D eigenvalue weighted by molar-refractivity contribution is 5.89. The molecule has 3 nitrogen and oxygen atoms in total. The third-order valence-corrected chi connectivity index (χ3v) is 3.69. The number of hydrogen-bond donors (Lipinski definition) is 1. The van der Waals surface area contributed by atoms with Crippen LogP contribution >= 0.6 is 0 Å². The second kappa shape index (κ2) is 6.06. The molecular formula is C17H18FN3. The zero-order chi connectivity index (χ0) is 14.7. The van der Waals surface area contributed by atoms with Gasteiger partial charge in [-0.3, -0.25) is 5.01 Å². The summed E-state index contributed by atoms with van der Waals surface area (Å²) < 4.78 is 14.1. The van der Waals surface area contributed by atoms with Crippen LogP contribution < -0.4 is 10.7 Å². The van der Waals surface area contributed by atoms with Crippen LogP contribution in [0.25, 0.3) is 0 Å². The van der Waals surface area contributed by atoms with E-state index < -0.39 is 0 Å². The molecule has 1 aliphatic rings. The number of halogens is 1. The average molecular weight is 283 g/mol. The van der Waals surface area contributed by atoms with E-state index in [4.69, 9.17) is 5.73 Å². The quantitative estimate of drug-likeness (QED) is 0.933. The number of hydrogen-bond acceptors (Lipinski definition) is 3. The molecule has 108 valence electrons. The Kier molecular flexibility index (Phi) is 3.97. The van der Waals surface area contributed by atoms with Crippen LogP contribution in [0.5, 0.6) is 0 Å². The summed E-state index contributed by atoms with van der Waals surface area (Å²) in [5, 5.41) is 6.56. The number of nitrogens with two attached hydrogens (primary N) is 1. The highest BCUT2D eigenvalue weighted by atomic mass is 19.1. The predicted octanol–water partition coefficient (Wildman–Crippen LogP) is 3.48. The molecule has 0 aromatic heterocycles. The fourth-order valence-electron chi connectivity index (χ4n) is 2.70. The van der Waals surface area contributed by atoms with E-state index >= 15 is 0 Å². The highest BCUT2D eigenvalue weighted by Gasteiger charge is 2.30. The molecular weight excluding hydrogens is 265 g/mol. The molecule has 1 atom stereocenters. The van der Waals surface area contributed by atoms with Gasteiger partial charge in [0.2, 0.25) is 0 Å². The van der Waals surface area contributed by atoms with E-state index in [0.717, 1.165) is 17.8 Å². The summed E-state index contributed by atoms with van der Waals surface area (Å²) in [7, 11) is 0. The maximum atomic E-state index is 14.1. The summed E-state index contributed by atoms with van der Waals surface area (Å²) in [6.45, 7) is 0.561. The normalized spacial score (nSPS) is 17.9. The molecule has 1 heterocycles. The first kappa shape index (κ1) is 13.8. The number of nitrogens with zero attached hydrogens (tertiary/aromatic N) is 2. The first-order valence-corrected chi connectivity index (χ1v) is 7.14. The van der Waals surface area contributed by atoms with Gasteiger partial charge in [-0.05, 0) is 31.2 Å². The summed E-state index contributed by atoms with van der Waals surface area (Å²) in [6, 6.07) is 16.7. The van der Waals surface area contributed by atoms with E-state index in [-0.39, 0.29) is 11.9 Å². The summed E-state index contributed by atoms with van der Waals surface area (Å²) in [5.74, 6) is -0.187. The minimum Gasteiger partial charge on any atom is -0.330 e. The first-order chi connectivity index (χ1) is 10.3. The molecule has 0 saturated heterocycles. The van der Waals surface area contributed by atoms with Gasteiger partial charge in [-0.25, -0.2) is 4.39 Å². The van der Waals surface area contributed by atoms with Gasteiger partial charge in [-0.2, -0.15) is 5.10 Å². The van der Waals surface area contributed by atoms with Crippen LogP contribution in [0.15, 0.2) is 59.7 Å². The van der Waals surface area contributed by atoms with E-state index in [1.54, 1.807) is 6.07 Å². The lowest BCUT2D eigenvalue weighted by molar-refractivity contribution is 0.579. The van der Waals surface area contributed by atoms with Crippen molar-refractivity contribution in [1.82, 2.24) is 0 Å². The van der Waals surface area contributed by atoms with E-state index in [1.807, 2.05) is 47.5 Å². The van der Waals surface area contributed by atoms with Crippen LogP contribution in [0, 0.1) is 5.82 Å². The molecule has 0 radical (unpaired) electrons. The standard InChI is InChI=1S/C17H18FN3/c18-16-9-5-4-8-15(16)17-12-13(10-11-19)20-21(17)14-6-2-1-3-7-14/h1-9,17H,10-12,19H2. The molecule has 4 heteroatoms. The van der Waals surface area contributed by atoms with E-state index in [2.05, 4.69) is 5.10 Å². The lowest BCUT2D eigenvalue weighted by Crippen LogP contribution is -2.19. The van der Waals surface area contributed by atoms with Crippen LogP contribution in [-0.4, -0.2) is 12.3 Å². The number of para-hydroxylation sites is 1. The fraction of sp³-hybridized carbons (Fsp3) is 0.235. The van der Waals surface area contributed by atoms with Crippen molar-refractivity contribution in [2.45, 2.75) is 18.9 Å². The SMILES string of the molecule is NCCC1=NN(c2ccccc2)C(c2ccccc2F)C1. The summed E-state index contributed by atoms with van der Waals surface area (Å²) in [4.78, 5) is 0. The van der Waals surface area contributed by atoms with E-state index in [1.165, 1.54) is 6.07 Å². The van der Waals surface area contributed by atoms with E-state index in [0.29, 0.717) is 18.5 Å². The highest BCUT2D eigenvalue weighted by Crippen LogP contribution is 2.36. The molecule has 0 amide bonds. The predicted molar refractivity (Wildman–Crippen MR) is 83.8 cm³/mol. The minimum absolute atomic E-state index is 0.102. The topological polar surface area (TPSA) is 41.6 Å². The molecule has 2 aromatic carbocycles. The van der Waals surface area contributed by atoms with E-state index in [9.17, 15) is 4.39 Å². The zero-order valence-corrected chi connectivity index (χ0v) is 11.7. The molecule has 1 aliphatic heterocycles. The van der Waals surface area contributed by atoms with Gasteiger partial charge in [0.05, 0.1) is 11.7 Å². The van der Waals surface area contributed by atoms with Crippen LogP contribution in [-0.2, 0) is 0 Å². The van der Waals surface area contributed by atoms with Gasteiger partial charge in [-0.15, -0.1) is 0 Å². The Balaban J connectivity index is 1.98. The number of benzene rings is 2. The molecule has 0 saturated carbocycles. The Morgan fingerprint density at radius 1 is 1.10 bits per heavy atom. The molecule has 3 rings (SSSR count). The maximum absolute atomic E-state index is 14.1. The van der Waals surface area contributed by atoms with Crippen LogP contribution in [0.4, 0.5) is 10.1 Å². The van der Waals surface area contributed by atoms with Gasteiger partial charge in [0.15, 0.2) is 0 Å². The van der Waals surface area contributed by atoms with Gasteiger partial charge in [0.25, 0.3) is 0 Å². The van der Waals surface area contributed by atoms with Gasteiger partial charge in [0, 0.05) is 17.7 Å². The second-order valence-corrected chi connectivity index (χ2v) is 5.13. The molecule has 0 bridgehead atoms. The third-order valence-electron chi connectivity index (χ3n) is 3.69. The number of hydrazone groups is 1. The van der Waals surface area contributed by atoms with Crippen LogP contribution in [0.1, 0.15) is 24.4 Å². The van der Waals surface area contributed by atoms with Crippen molar-refractivity contribution in [3.63, 3.8) is 0 Å². The molecule has 2 aromatic rings. The maximum Gasteiger partial charge on any atom is 0.128 e. The molecule has 0 aliphatic carbocycles. The van der Waals surface area contributed by atoms with Crippen LogP contribution in [0.3, 0.4) is 0 Å². The van der Waals surface area contributed by atoms with Gasteiger partial charge in [-0.1, -0.05) is 36.4 Å². The van der Waals surface area contributed by atoms with Crippen molar-refractivity contribution in [1.29, 1.82) is 0 Å². The minimum atomic E-state index is -0.187. The lowest BCUT2D eigenvalue weighted by atomic mass is 10.00. The van der Waals surface area contributed by atoms with Crippen molar-refractivity contribution < 1.29 is 4.39 Å².